The monoisotopic (exact) mass is 392 g/mol. The van der Waals surface area contributed by atoms with Gasteiger partial charge in [0.15, 0.2) is 5.69 Å². The van der Waals surface area contributed by atoms with E-state index in [-0.39, 0.29) is 16.8 Å². The molecule has 28 heavy (non-hydrogen) atoms. The third-order valence-electron chi connectivity index (χ3n) is 4.17. The summed E-state index contributed by atoms with van der Waals surface area (Å²) >= 11 is 0. The maximum Gasteiger partial charge on any atom is 0.449 e. The average molecular weight is 392 g/mol. The van der Waals surface area contributed by atoms with Crippen molar-refractivity contribution >= 4 is 17.3 Å². The highest BCUT2D eigenvalue weighted by atomic mass is 19.4. The maximum atomic E-state index is 13.5. The fourth-order valence-electron chi connectivity index (χ4n) is 2.59. The lowest BCUT2D eigenvalue weighted by Gasteiger charge is -2.08. The molecule has 5 nitrogen and oxygen atoms in total. The minimum atomic E-state index is -4.78. The van der Waals surface area contributed by atoms with Gasteiger partial charge >= 0.3 is 6.18 Å². The van der Waals surface area contributed by atoms with Gasteiger partial charge in [-0.05, 0) is 55.3 Å². The standard InChI is InChI=1S/C19H16F4N4O/c1-9-3-5-12(8-14(9)24)25-17(28)16-15(26-18(27-16)19(21,22)23)11-4-6-13(20)10(2)7-11/h3-8H,24H2,1-2H3,(H,25,28)(H,26,27). The van der Waals surface area contributed by atoms with Crippen molar-refractivity contribution in [3.05, 3.63) is 64.9 Å². The van der Waals surface area contributed by atoms with Crippen LogP contribution in [0.5, 0.6) is 0 Å². The second-order valence-corrected chi connectivity index (χ2v) is 6.30. The van der Waals surface area contributed by atoms with Gasteiger partial charge in [0, 0.05) is 16.9 Å². The zero-order valence-electron chi connectivity index (χ0n) is 14.9. The molecule has 0 unspecified atom stereocenters. The van der Waals surface area contributed by atoms with E-state index in [1.54, 1.807) is 19.1 Å². The number of benzene rings is 2. The number of nitrogens with zero attached hydrogens (tertiary/aromatic N) is 1. The van der Waals surface area contributed by atoms with Crippen LogP contribution in [0.4, 0.5) is 28.9 Å². The summed E-state index contributed by atoms with van der Waals surface area (Å²) in [6.07, 6.45) is -4.78. The summed E-state index contributed by atoms with van der Waals surface area (Å²) in [4.78, 5) is 18.2. The molecule has 3 rings (SSSR count). The lowest BCUT2D eigenvalue weighted by Crippen LogP contribution is -2.14. The summed E-state index contributed by atoms with van der Waals surface area (Å²) in [5.41, 5.74) is 7.12. The Kier molecular flexibility index (Phi) is 4.84. The van der Waals surface area contributed by atoms with Crippen molar-refractivity contribution in [2.24, 2.45) is 0 Å². The minimum absolute atomic E-state index is 0.159. The molecule has 0 atom stereocenters. The molecule has 0 spiro atoms. The van der Waals surface area contributed by atoms with Gasteiger partial charge in [-0.15, -0.1) is 0 Å². The number of amides is 1. The van der Waals surface area contributed by atoms with Gasteiger partial charge < -0.3 is 16.0 Å². The Balaban J connectivity index is 2.05. The van der Waals surface area contributed by atoms with Crippen LogP contribution < -0.4 is 11.1 Å². The highest BCUT2D eigenvalue weighted by Crippen LogP contribution is 2.32. The number of carbonyl (C=O) groups is 1. The van der Waals surface area contributed by atoms with Crippen LogP contribution in [0.3, 0.4) is 0 Å². The molecule has 0 saturated heterocycles. The van der Waals surface area contributed by atoms with E-state index < -0.39 is 29.4 Å². The number of nitrogens with one attached hydrogen (secondary N) is 2. The number of alkyl halides is 3. The highest BCUT2D eigenvalue weighted by molar-refractivity contribution is 6.07. The molecule has 1 amide bonds. The fraction of sp³-hybridized carbons (Fsp3) is 0.158. The molecular weight excluding hydrogens is 376 g/mol. The third kappa shape index (κ3) is 3.83. The second kappa shape index (κ2) is 6.99. The number of carbonyl (C=O) groups excluding carboxylic acids is 1. The van der Waals surface area contributed by atoms with E-state index in [1.807, 2.05) is 0 Å². The number of nitrogen functional groups attached to an aromatic ring is 1. The van der Waals surface area contributed by atoms with E-state index in [4.69, 9.17) is 5.73 Å². The number of aromatic amines is 1. The minimum Gasteiger partial charge on any atom is -0.398 e. The second-order valence-electron chi connectivity index (χ2n) is 6.30. The van der Waals surface area contributed by atoms with Crippen LogP contribution in [0.1, 0.15) is 27.4 Å². The Morgan fingerprint density at radius 3 is 2.43 bits per heavy atom. The molecule has 2 aromatic carbocycles. The quantitative estimate of drug-likeness (QED) is 0.447. The molecule has 0 bridgehead atoms. The van der Waals surface area contributed by atoms with Crippen LogP contribution >= 0.6 is 0 Å². The topological polar surface area (TPSA) is 83.8 Å². The molecule has 0 saturated carbocycles. The summed E-state index contributed by atoms with van der Waals surface area (Å²) in [6.45, 7) is 3.24. The van der Waals surface area contributed by atoms with Crippen LogP contribution in [0.25, 0.3) is 11.3 Å². The number of hydrogen-bond acceptors (Lipinski definition) is 3. The molecule has 0 aliphatic heterocycles. The van der Waals surface area contributed by atoms with E-state index in [9.17, 15) is 22.4 Å². The average Bonchev–Trinajstić information content (AvgIpc) is 3.06. The first kappa shape index (κ1) is 19.4. The molecule has 0 aliphatic rings. The number of H-pyrrole nitrogens is 1. The third-order valence-corrected chi connectivity index (χ3v) is 4.17. The van der Waals surface area contributed by atoms with Gasteiger partial charge in [-0.1, -0.05) is 6.07 Å². The van der Waals surface area contributed by atoms with Gasteiger partial charge in [0.25, 0.3) is 5.91 Å². The lowest BCUT2D eigenvalue weighted by atomic mass is 10.1. The van der Waals surface area contributed by atoms with Crippen molar-refractivity contribution < 1.29 is 22.4 Å². The first-order valence-electron chi connectivity index (χ1n) is 8.17. The number of halogens is 4. The van der Waals surface area contributed by atoms with Gasteiger partial charge in [0.05, 0.1) is 5.69 Å². The van der Waals surface area contributed by atoms with E-state index in [0.717, 1.165) is 11.6 Å². The van der Waals surface area contributed by atoms with Crippen molar-refractivity contribution in [1.29, 1.82) is 0 Å². The molecule has 0 radical (unpaired) electrons. The van der Waals surface area contributed by atoms with Crippen molar-refractivity contribution in [1.82, 2.24) is 9.97 Å². The normalized spacial score (nSPS) is 11.5. The Morgan fingerprint density at radius 2 is 1.82 bits per heavy atom. The molecule has 9 heteroatoms. The van der Waals surface area contributed by atoms with Crippen LogP contribution in [0, 0.1) is 19.7 Å². The smallest absolute Gasteiger partial charge is 0.398 e. The number of aromatic nitrogens is 2. The van der Waals surface area contributed by atoms with Crippen LogP contribution in [-0.4, -0.2) is 15.9 Å². The van der Waals surface area contributed by atoms with E-state index in [2.05, 4.69) is 15.3 Å². The van der Waals surface area contributed by atoms with Crippen molar-refractivity contribution in [3.8, 4) is 11.3 Å². The van der Waals surface area contributed by atoms with E-state index >= 15 is 0 Å². The van der Waals surface area contributed by atoms with Crippen molar-refractivity contribution in [2.45, 2.75) is 20.0 Å². The predicted octanol–water partition coefficient (Wildman–Crippen LogP) is 4.69. The number of nitrogens with two attached hydrogens (primary N) is 1. The van der Waals surface area contributed by atoms with Crippen LogP contribution in [0.15, 0.2) is 36.4 Å². The SMILES string of the molecule is Cc1ccc(NC(=O)c2nc(C(F)(F)F)[nH]c2-c2ccc(F)c(C)c2)cc1N. The molecule has 3 aromatic rings. The summed E-state index contributed by atoms with van der Waals surface area (Å²) < 4.78 is 52.9. The highest BCUT2D eigenvalue weighted by Gasteiger charge is 2.37. The lowest BCUT2D eigenvalue weighted by molar-refractivity contribution is -0.144. The summed E-state index contributed by atoms with van der Waals surface area (Å²) in [7, 11) is 0. The first-order chi connectivity index (χ1) is 13.1. The Hall–Kier alpha value is -3.36. The Bertz CT molecular complexity index is 1060. The molecule has 0 fully saturated rings. The zero-order chi connectivity index (χ0) is 20.6. The summed E-state index contributed by atoms with van der Waals surface area (Å²) in [5.74, 6) is -2.69. The van der Waals surface area contributed by atoms with E-state index in [0.29, 0.717) is 11.4 Å². The Morgan fingerprint density at radius 1 is 1.11 bits per heavy atom. The number of rotatable bonds is 3. The van der Waals surface area contributed by atoms with Gasteiger partial charge in [0.2, 0.25) is 5.82 Å². The molecule has 1 aromatic heterocycles. The number of imidazole rings is 1. The molecule has 1 heterocycles. The van der Waals surface area contributed by atoms with Gasteiger partial charge in [-0.25, -0.2) is 9.37 Å². The molecule has 4 N–H and O–H groups in total. The largest absolute Gasteiger partial charge is 0.449 e. The first-order valence-corrected chi connectivity index (χ1v) is 8.17. The van der Waals surface area contributed by atoms with Crippen molar-refractivity contribution in [2.75, 3.05) is 11.1 Å². The van der Waals surface area contributed by atoms with Gasteiger partial charge in [0.1, 0.15) is 5.82 Å². The maximum absolute atomic E-state index is 13.5. The summed E-state index contributed by atoms with van der Waals surface area (Å²) in [5, 5.41) is 2.48. The molecule has 146 valence electrons. The van der Waals surface area contributed by atoms with Crippen LogP contribution in [-0.2, 0) is 6.18 Å². The van der Waals surface area contributed by atoms with Gasteiger partial charge in [-0.3, -0.25) is 4.79 Å². The fourth-order valence-corrected chi connectivity index (χ4v) is 2.59. The number of anilines is 2. The molecule has 0 aliphatic carbocycles. The molecular formula is C19H16F4N4O. The number of aryl methyl sites for hydroxylation is 2. The van der Waals surface area contributed by atoms with Crippen molar-refractivity contribution in [3.63, 3.8) is 0 Å². The van der Waals surface area contributed by atoms with E-state index in [1.165, 1.54) is 25.1 Å². The number of hydrogen-bond donors (Lipinski definition) is 3. The van der Waals surface area contributed by atoms with Gasteiger partial charge in [-0.2, -0.15) is 13.2 Å². The predicted molar refractivity (Wildman–Crippen MR) is 97.3 cm³/mol. The Labute approximate surface area is 157 Å². The zero-order valence-corrected chi connectivity index (χ0v) is 14.9. The summed E-state index contributed by atoms with van der Waals surface area (Å²) in [6, 6.07) is 8.46. The van der Waals surface area contributed by atoms with Crippen LogP contribution in [0.2, 0.25) is 0 Å².